The lowest BCUT2D eigenvalue weighted by Gasteiger charge is -1.96. The fraction of sp³-hybridized carbons (Fsp3) is 0.364. The van der Waals surface area contributed by atoms with Crippen molar-refractivity contribution in [2.75, 3.05) is 5.73 Å². The smallest absolute Gasteiger partial charge is 0.110 e. The molecule has 14 heavy (non-hydrogen) atoms. The van der Waals surface area contributed by atoms with Crippen molar-refractivity contribution in [2.45, 2.75) is 25.7 Å². The summed E-state index contributed by atoms with van der Waals surface area (Å²) in [5.41, 5.74) is 9.89. The second-order valence-corrected chi connectivity index (χ2v) is 4.13. The number of aromatic nitrogens is 2. The zero-order valence-corrected chi connectivity index (χ0v) is 8.17. The van der Waals surface area contributed by atoms with Gasteiger partial charge < -0.3 is 10.7 Å². The van der Waals surface area contributed by atoms with E-state index in [9.17, 15) is 0 Å². The second-order valence-electron chi connectivity index (χ2n) is 4.13. The monoisotopic (exact) mass is 187 g/mol. The first kappa shape index (κ1) is 7.85. The van der Waals surface area contributed by atoms with Gasteiger partial charge in [0, 0.05) is 11.6 Å². The minimum atomic E-state index is 0.669. The van der Waals surface area contributed by atoms with Crippen molar-refractivity contribution in [3.05, 3.63) is 23.5 Å². The number of anilines is 1. The van der Waals surface area contributed by atoms with Crippen LogP contribution in [0.2, 0.25) is 0 Å². The van der Waals surface area contributed by atoms with Gasteiger partial charge in [0.2, 0.25) is 0 Å². The SMILES string of the molecule is Cc1cc(N)cc2nc(C3CC3)[nH]c12. The van der Waals surface area contributed by atoms with E-state index in [4.69, 9.17) is 5.73 Å². The van der Waals surface area contributed by atoms with E-state index in [0.717, 1.165) is 22.5 Å². The predicted molar refractivity (Wildman–Crippen MR) is 57.2 cm³/mol. The number of nitrogen functional groups attached to an aromatic ring is 1. The topological polar surface area (TPSA) is 54.7 Å². The number of benzene rings is 1. The predicted octanol–water partition coefficient (Wildman–Crippen LogP) is 2.33. The lowest BCUT2D eigenvalue weighted by Crippen LogP contribution is -1.86. The molecule has 3 N–H and O–H groups in total. The van der Waals surface area contributed by atoms with Gasteiger partial charge in [-0.25, -0.2) is 4.98 Å². The molecule has 3 nitrogen and oxygen atoms in total. The molecule has 1 aromatic heterocycles. The van der Waals surface area contributed by atoms with Crippen LogP contribution in [0.1, 0.15) is 30.1 Å². The molecule has 0 radical (unpaired) electrons. The van der Waals surface area contributed by atoms with Gasteiger partial charge in [-0.3, -0.25) is 0 Å². The zero-order valence-electron chi connectivity index (χ0n) is 8.17. The Bertz CT molecular complexity index is 494. The summed E-state index contributed by atoms with van der Waals surface area (Å²) in [6.07, 6.45) is 2.54. The number of nitrogens with one attached hydrogen (secondary N) is 1. The van der Waals surface area contributed by atoms with Crippen molar-refractivity contribution >= 4 is 16.7 Å². The van der Waals surface area contributed by atoms with E-state index in [1.54, 1.807) is 0 Å². The third kappa shape index (κ3) is 1.09. The van der Waals surface area contributed by atoms with Crippen LogP contribution in [0, 0.1) is 6.92 Å². The highest BCUT2D eigenvalue weighted by molar-refractivity contribution is 5.82. The number of nitrogens with zero attached hydrogens (tertiary/aromatic N) is 1. The first-order chi connectivity index (χ1) is 6.74. The first-order valence-electron chi connectivity index (χ1n) is 5.00. The molecule has 1 aliphatic carbocycles. The third-order valence-corrected chi connectivity index (χ3v) is 2.80. The summed E-state index contributed by atoms with van der Waals surface area (Å²) in [5, 5.41) is 0. The number of rotatable bonds is 1. The fourth-order valence-electron chi connectivity index (χ4n) is 1.88. The number of H-pyrrole nitrogens is 1. The Morgan fingerprint density at radius 1 is 1.43 bits per heavy atom. The van der Waals surface area contributed by atoms with Crippen LogP contribution in [0.3, 0.4) is 0 Å². The lowest BCUT2D eigenvalue weighted by atomic mass is 10.2. The van der Waals surface area contributed by atoms with Gasteiger partial charge in [0.25, 0.3) is 0 Å². The number of aryl methyl sites for hydroxylation is 1. The molecule has 1 heterocycles. The molecule has 0 aliphatic heterocycles. The Labute approximate surface area is 82.3 Å². The molecule has 3 heteroatoms. The summed E-state index contributed by atoms with van der Waals surface area (Å²) in [7, 11) is 0. The van der Waals surface area contributed by atoms with Crippen molar-refractivity contribution in [3.63, 3.8) is 0 Å². The maximum Gasteiger partial charge on any atom is 0.110 e. The molecule has 0 spiro atoms. The van der Waals surface area contributed by atoms with E-state index in [0.29, 0.717) is 5.92 Å². The van der Waals surface area contributed by atoms with Crippen molar-refractivity contribution in [1.29, 1.82) is 0 Å². The van der Waals surface area contributed by atoms with Gasteiger partial charge in [0.05, 0.1) is 11.0 Å². The summed E-state index contributed by atoms with van der Waals surface area (Å²) in [5.74, 6) is 1.80. The van der Waals surface area contributed by atoms with Gasteiger partial charge in [-0.15, -0.1) is 0 Å². The molecule has 0 atom stereocenters. The molecule has 72 valence electrons. The minimum Gasteiger partial charge on any atom is -0.399 e. The zero-order chi connectivity index (χ0) is 9.71. The van der Waals surface area contributed by atoms with Gasteiger partial charge in [-0.2, -0.15) is 0 Å². The van der Waals surface area contributed by atoms with Gasteiger partial charge >= 0.3 is 0 Å². The Balaban J connectivity index is 2.26. The molecule has 0 unspecified atom stereocenters. The van der Waals surface area contributed by atoms with Crippen molar-refractivity contribution in [1.82, 2.24) is 9.97 Å². The van der Waals surface area contributed by atoms with Crippen LogP contribution in [-0.4, -0.2) is 9.97 Å². The van der Waals surface area contributed by atoms with Crippen molar-refractivity contribution < 1.29 is 0 Å². The first-order valence-corrected chi connectivity index (χ1v) is 5.00. The van der Waals surface area contributed by atoms with Gasteiger partial charge in [-0.05, 0) is 37.5 Å². The Hall–Kier alpha value is -1.51. The molecule has 1 fully saturated rings. The van der Waals surface area contributed by atoms with E-state index >= 15 is 0 Å². The van der Waals surface area contributed by atoms with Gasteiger partial charge in [0.15, 0.2) is 0 Å². The van der Waals surface area contributed by atoms with E-state index in [-0.39, 0.29) is 0 Å². The molecule has 1 saturated carbocycles. The number of fused-ring (bicyclic) bond motifs is 1. The number of nitrogens with two attached hydrogens (primary N) is 1. The molecular formula is C11H13N3. The average molecular weight is 187 g/mol. The number of hydrogen-bond donors (Lipinski definition) is 2. The van der Waals surface area contributed by atoms with Crippen LogP contribution in [0.5, 0.6) is 0 Å². The summed E-state index contributed by atoms with van der Waals surface area (Å²) in [6, 6.07) is 3.92. The molecule has 0 saturated heterocycles. The summed E-state index contributed by atoms with van der Waals surface area (Å²) in [4.78, 5) is 7.95. The number of imidazole rings is 1. The molecule has 1 aromatic carbocycles. The van der Waals surface area contributed by atoms with Crippen molar-refractivity contribution in [3.8, 4) is 0 Å². The molecule has 2 aromatic rings. The molecular weight excluding hydrogens is 174 g/mol. The van der Waals surface area contributed by atoms with Gasteiger partial charge in [0.1, 0.15) is 5.82 Å². The van der Waals surface area contributed by atoms with E-state index in [1.807, 2.05) is 12.1 Å². The van der Waals surface area contributed by atoms with Crippen LogP contribution >= 0.6 is 0 Å². The Morgan fingerprint density at radius 3 is 2.93 bits per heavy atom. The maximum absolute atomic E-state index is 5.77. The van der Waals surface area contributed by atoms with Gasteiger partial charge in [-0.1, -0.05) is 0 Å². The third-order valence-electron chi connectivity index (χ3n) is 2.80. The Kier molecular flexibility index (Phi) is 1.40. The van der Waals surface area contributed by atoms with Crippen LogP contribution < -0.4 is 5.73 Å². The fourth-order valence-corrected chi connectivity index (χ4v) is 1.88. The van der Waals surface area contributed by atoms with E-state index in [2.05, 4.69) is 16.9 Å². The van der Waals surface area contributed by atoms with Crippen LogP contribution in [-0.2, 0) is 0 Å². The van der Waals surface area contributed by atoms with Crippen molar-refractivity contribution in [2.24, 2.45) is 0 Å². The average Bonchev–Trinajstić information content (AvgIpc) is 2.87. The quantitative estimate of drug-likeness (QED) is 0.673. The standard InChI is InChI=1S/C11H13N3/c1-6-4-8(12)5-9-10(6)14-11(13-9)7-2-3-7/h4-5,7H,2-3,12H2,1H3,(H,13,14). The highest BCUT2D eigenvalue weighted by atomic mass is 14.9. The van der Waals surface area contributed by atoms with Crippen LogP contribution in [0.25, 0.3) is 11.0 Å². The largest absolute Gasteiger partial charge is 0.399 e. The number of aromatic amines is 1. The number of hydrogen-bond acceptors (Lipinski definition) is 2. The lowest BCUT2D eigenvalue weighted by molar-refractivity contribution is 0.986. The van der Waals surface area contributed by atoms with Crippen LogP contribution in [0.15, 0.2) is 12.1 Å². The maximum atomic E-state index is 5.77. The summed E-state index contributed by atoms with van der Waals surface area (Å²) in [6.45, 7) is 2.06. The summed E-state index contributed by atoms with van der Waals surface area (Å²) >= 11 is 0. The Morgan fingerprint density at radius 2 is 2.21 bits per heavy atom. The highest BCUT2D eigenvalue weighted by Gasteiger charge is 2.26. The minimum absolute atomic E-state index is 0.669. The second kappa shape index (κ2) is 2.50. The summed E-state index contributed by atoms with van der Waals surface area (Å²) < 4.78 is 0. The molecule has 3 rings (SSSR count). The highest BCUT2D eigenvalue weighted by Crippen LogP contribution is 2.39. The van der Waals surface area contributed by atoms with E-state index < -0.39 is 0 Å². The molecule has 1 aliphatic rings. The van der Waals surface area contributed by atoms with Crippen LogP contribution in [0.4, 0.5) is 5.69 Å². The normalized spacial score (nSPS) is 16.4. The van der Waals surface area contributed by atoms with E-state index in [1.165, 1.54) is 18.4 Å². The molecule has 0 amide bonds. The molecule has 0 bridgehead atoms.